The second-order valence-corrected chi connectivity index (χ2v) is 7.76. The molecule has 0 atom stereocenters. The Hall–Kier alpha value is -2.34. The lowest BCUT2D eigenvalue weighted by atomic mass is 9.91. The van der Waals surface area contributed by atoms with Gasteiger partial charge in [-0.2, -0.15) is 0 Å². The molecule has 0 fully saturated rings. The fourth-order valence-electron chi connectivity index (χ4n) is 3.88. The molecule has 148 valence electrons. The number of hydrogen-bond acceptors (Lipinski definition) is 0. The molecule has 0 aromatic heterocycles. The van der Waals surface area contributed by atoms with Gasteiger partial charge in [0, 0.05) is 0 Å². The van der Waals surface area contributed by atoms with Gasteiger partial charge in [-0.05, 0) is 87.1 Å². The summed E-state index contributed by atoms with van der Waals surface area (Å²) in [7, 11) is 0. The van der Waals surface area contributed by atoms with Gasteiger partial charge in [-0.25, -0.2) is 0 Å². The highest BCUT2D eigenvalue weighted by atomic mass is 14.1. The van der Waals surface area contributed by atoms with Crippen molar-refractivity contribution >= 4 is 10.8 Å². The van der Waals surface area contributed by atoms with E-state index in [2.05, 4.69) is 63.4 Å². The molecule has 0 N–H and O–H groups in total. The molecule has 0 saturated carbocycles. The SMILES string of the molecule is C=C/C=C/CCCCc1cc(C)cc2c(CCCC/C=C/C=C)cc(C)cc12. The van der Waals surface area contributed by atoms with Crippen LogP contribution in [0.5, 0.6) is 0 Å². The Kier molecular flexibility index (Phi) is 9.55. The molecule has 0 aliphatic heterocycles. The highest BCUT2D eigenvalue weighted by Crippen LogP contribution is 2.28. The van der Waals surface area contributed by atoms with Gasteiger partial charge in [-0.3, -0.25) is 0 Å². The molecular formula is C28H36. The predicted octanol–water partition coefficient (Wildman–Crippen LogP) is 8.37. The highest BCUT2D eigenvalue weighted by Gasteiger charge is 2.08. The molecule has 2 aromatic carbocycles. The van der Waals surface area contributed by atoms with Crippen LogP contribution in [0.15, 0.2) is 73.9 Å². The Labute approximate surface area is 172 Å². The first kappa shape index (κ1) is 22.0. The third-order valence-corrected chi connectivity index (χ3v) is 5.21. The quantitative estimate of drug-likeness (QED) is 0.259. The monoisotopic (exact) mass is 372 g/mol. The number of fused-ring (bicyclic) bond motifs is 1. The predicted molar refractivity (Wildman–Crippen MR) is 127 cm³/mol. The molecule has 0 aliphatic carbocycles. The molecule has 2 rings (SSSR count). The van der Waals surface area contributed by atoms with Crippen LogP contribution in [0.1, 0.15) is 60.8 Å². The largest absolute Gasteiger partial charge is 0.0991 e. The van der Waals surface area contributed by atoms with Crippen LogP contribution in [0.25, 0.3) is 10.8 Å². The van der Waals surface area contributed by atoms with Crippen LogP contribution in [0, 0.1) is 13.8 Å². The van der Waals surface area contributed by atoms with Crippen molar-refractivity contribution in [2.24, 2.45) is 0 Å². The standard InChI is InChI=1S/C28H36/c1-5-7-9-11-13-15-17-25-19-23(3)22-28-26(20-24(4)21-27(25)28)18-16-14-12-10-8-6-2/h5-10,19-22H,1-2,11-18H2,3-4H3/b9-7+,10-8+. The lowest BCUT2D eigenvalue weighted by molar-refractivity contribution is 0.747. The second kappa shape index (κ2) is 12.2. The Bertz CT molecular complexity index is 761. The minimum absolute atomic E-state index is 1.14. The molecule has 0 heterocycles. The van der Waals surface area contributed by atoms with E-state index in [1.54, 1.807) is 0 Å². The van der Waals surface area contributed by atoms with Crippen molar-refractivity contribution in [2.45, 2.75) is 65.2 Å². The van der Waals surface area contributed by atoms with Crippen molar-refractivity contribution in [1.82, 2.24) is 0 Å². The third kappa shape index (κ3) is 7.00. The molecule has 0 bridgehead atoms. The molecule has 0 heteroatoms. The van der Waals surface area contributed by atoms with Gasteiger partial charge in [-0.1, -0.05) is 85.0 Å². The molecule has 0 amide bonds. The first-order chi connectivity index (χ1) is 13.7. The van der Waals surface area contributed by atoms with Crippen molar-refractivity contribution < 1.29 is 0 Å². The van der Waals surface area contributed by atoms with Gasteiger partial charge in [0.2, 0.25) is 0 Å². The van der Waals surface area contributed by atoms with E-state index in [4.69, 9.17) is 0 Å². The van der Waals surface area contributed by atoms with Gasteiger partial charge >= 0.3 is 0 Å². The zero-order chi connectivity index (χ0) is 20.2. The number of unbranched alkanes of at least 4 members (excludes halogenated alkanes) is 4. The van der Waals surface area contributed by atoms with Crippen molar-refractivity contribution in [3.63, 3.8) is 0 Å². The zero-order valence-corrected chi connectivity index (χ0v) is 17.8. The van der Waals surface area contributed by atoms with Crippen molar-refractivity contribution in [2.75, 3.05) is 0 Å². The molecule has 0 nitrogen and oxygen atoms in total. The highest BCUT2D eigenvalue weighted by molar-refractivity contribution is 5.90. The smallest absolute Gasteiger partial charge is 0.0146 e. The number of hydrogen-bond donors (Lipinski definition) is 0. The second-order valence-electron chi connectivity index (χ2n) is 7.76. The molecule has 0 radical (unpaired) electrons. The molecule has 28 heavy (non-hydrogen) atoms. The molecule has 0 aliphatic rings. The van der Waals surface area contributed by atoms with Crippen LogP contribution >= 0.6 is 0 Å². The summed E-state index contributed by atoms with van der Waals surface area (Å²) in [5, 5.41) is 2.93. The van der Waals surface area contributed by atoms with E-state index in [9.17, 15) is 0 Å². The van der Waals surface area contributed by atoms with Crippen LogP contribution < -0.4 is 0 Å². The van der Waals surface area contributed by atoms with Gasteiger partial charge in [0.25, 0.3) is 0 Å². The lowest BCUT2D eigenvalue weighted by Crippen LogP contribution is -1.95. The number of allylic oxidation sites excluding steroid dienone is 6. The van der Waals surface area contributed by atoms with Gasteiger partial charge in [-0.15, -0.1) is 0 Å². The van der Waals surface area contributed by atoms with Crippen LogP contribution in [0.4, 0.5) is 0 Å². The Balaban J connectivity index is 2.12. The summed E-state index contributed by atoms with van der Waals surface area (Å²) in [5.74, 6) is 0. The Morgan fingerprint density at radius 3 is 1.46 bits per heavy atom. The maximum Gasteiger partial charge on any atom is -0.0146 e. The third-order valence-electron chi connectivity index (χ3n) is 5.21. The van der Waals surface area contributed by atoms with Gasteiger partial charge < -0.3 is 0 Å². The maximum atomic E-state index is 3.73. The van der Waals surface area contributed by atoms with E-state index in [0.717, 1.165) is 25.7 Å². The number of rotatable bonds is 12. The summed E-state index contributed by atoms with van der Waals surface area (Å²) in [6.45, 7) is 11.9. The molecular weight excluding hydrogens is 336 g/mol. The van der Waals surface area contributed by atoms with Crippen LogP contribution in [-0.4, -0.2) is 0 Å². The van der Waals surface area contributed by atoms with Crippen molar-refractivity contribution in [3.05, 3.63) is 96.1 Å². The summed E-state index contributed by atoms with van der Waals surface area (Å²) < 4.78 is 0. The lowest BCUT2D eigenvalue weighted by Gasteiger charge is -2.14. The van der Waals surface area contributed by atoms with Crippen LogP contribution in [-0.2, 0) is 12.8 Å². The molecule has 0 saturated heterocycles. The van der Waals surface area contributed by atoms with E-state index in [1.165, 1.54) is 58.7 Å². The molecule has 2 aromatic rings. The topological polar surface area (TPSA) is 0 Å². The molecule has 0 unspecified atom stereocenters. The average Bonchev–Trinajstić information content (AvgIpc) is 2.67. The van der Waals surface area contributed by atoms with E-state index in [1.807, 2.05) is 24.3 Å². The first-order valence-electron chi connectivity index (χ1n) is 10.7. The summed E-state index contributed by atoms with van der Waals surface area (Å²) in [6, 6.07) is 9.56. The Morgan fingerprint density at radius 2 is 1.07 bits per heavy atom. The minimum Gasteiger partial charge on any atom is -0.0991 e. The first-order valence-corrected chi connectivity index (χ1v) is 10.7. The summed E-state index contributed by atoms with van der Waals surface area (Å²) in [6.07, 6.45) is 21.8. The maximum absolute atomic E-state index is 3.73. The summed E-state index contributed by atoms with van der Waals surface area (Å²) in [4.78, 5) is 0. The van der Waals surface area contributed by atoms with Crippen molar-refractivity contribution in [3.8, 4) is 0 Å². The van der Waals surface area contributed by atoms with E-state index in [-0.39, 0.29) is 0 Å². The van der Waals surface area contributed by atoms with Gasteiger partial charge in [0.15, 0.2) is 0 Å². The normalized spacial score (nSPS) is 11.6. The zero-order valence-electron chi connectivity index (χ0n) is 17.8. The Morgan fingerprint density at radius 1 is 0.643 bits per heavy atom. The molecule has 0 spiro atoms. The van der Waals surface area contributed by atoms with Crippen LogP contribution in [0.3, 0.4) is 0 Å². The van der Waals surface area contributed by atoms with Gasteiger partial charge in [0.1, 0.15) is 0 Å². The van der Waals surface area contributed by atoms with E-state index in [0.29, 0.717) is 0 Å². The summed E-state index contributed by atoms with van der Waals surface area (Å²) >= 11 is 0. The fourth-order valence-corrected chi connectivity index (χ4v) is 3.88. The number of aryl methyl sites for hydroxylation is 4. The average molecular weight is 373 g/mol. The van der Waals surface area contributed by atoms with Crippen LogP contribution in [0.2, 0.25) is 0 Å². The summed E-state index contributed by atoms with van der Waals surface area (Å²) in [5.41, 5.74) is 5.80. The van der Waals surface area contributed by atoms with E-state index >= 15 is 0 Å². The van der Waals surface area contributed by atoms with Crippen molar-refractivity contribution in [1.29, 1.82) is 0 Å². The van der Waals surface area contributed by atoms with E-state index < -0.39 is 0 Å². The number of benzene rings is 2. The minimum atomic E-state index is 1.14. The fraction of sp³-hybridized carbons (Fsp3) is 0.357. The van der Waals surface area contributed by atoms with Gasteiger partial charge in [0.05, 0.1) is 0 Å².